The Hall–Kier alpha value is -2.73. The second kappa shape index (κ2) is 8.74. The fraction of sp³-hybridized carbons (Fsp3) is 0. The lowest BCUT2D eigenvalue weighted by Crippen LogP contribution is -2.12. The zero-order chi connectivity index (χ0) is 20.2. The van der Waals surface area contributed by atoms with Crippen molar-refractivity contribution in [2.75, 3.05) is 5.32 Å². The molecular formula is C22H15Cl2N3OS. The van der Waals surface area contributed by atoms with Gasteiger partial charge < -0.3 is 5.32 Å². The van der Waals surface area contributed by atoms with Crippen molar-refractivity contribution in [3.8, 4) is 11.3 Å². The average molecular weight is 440 g/mol. The van der Waals surface area contributed by atoms with E-state index in [1.54, 1.807) is 36.0 Å². The second-order valence-corrected chi connectivity index (χ2v) is 8.09. The molecule has 4 rings (SSSR count). The summed E-state index contributed by atoms with van der Waals surface area (Å²) in [4.78, 5) is 14.8. The molecule has 3 aromatic carbocycles. The molecular weight excluding hydrogens is 425 g/mol. The lowest BCUT2D eigenvalue weighted by atomic mass is 10.1. The van der Waals surface area contributed by atoms with E-state index < -0.39 is 0 Å². The number of anilines is 1. The first-order valence-electron chi connectivity index (χ1n) is 8.74. The number of carbonyl (C=O) groups excluding carboxylic acids is 1. The predicted molar refractivity (Wildman–Crippen MR) is 119 cm³/mol. The number of aromatic amines is 1. The molecule has 0 radical (unpaired) electrons. The van der Waals surface area contributed by atoms with Crippen LogP contribution in [0.5, 0.6) is 0 Å². The van der Waals surface area contributed by atoms with Crippen LogP contribution in [0.4, 0.5) is 5.69 Å². The maximum absolute atomic E-state index is 12.7. The van der Waals surface area contributed by atoms with E-state index in [1.807, 2.05) is 54.6 Å². The first kappa shape index (κ1) is 19.6. The molecule has 2 N–H and O–H groups in total. The number of amides is 1. The SMILES string of the molecule is O=C(Nc1ccccc1Sc1ccccc1)c1cc(-c2ccc(Cl)c(Cl)c2)n[nH]1. The predicted octanol–water partition coefficient (Wildman–Crippen LogP) is 6.79. The Morgan fingerprint density at radius 1 is 0.897 bits per heavy atom. The van der Waals surface area contributed by atoms with Gasteiger partial charge in [0.25, 0.3) is 5.91 Å². The molecule has 0 aliphatic heterocycles. The van der Waals surface area contributed by atoms with Crippen molar-refractivity contribution < 1.29 is 4.79 Å². The number of halogens is 2. The number of aromatic nitrogens is 2. The van der Waals surface area contributed by atoms with Crippen LogP contribution < -0.4 is 5.32 Å². The zero-order valence-electron chi connectivity index (χ0n) is 15.0. The van der Waals surface area contributed by atoms with Gasteiger partial charge in [0.1, 0.15) is 5.69 Å². The number of H-pyrrole nitrogens is 1. The van der Waals surface area contributed by atoms with Crippen molar-refractivity contribution in [2.24, 2.45) is 0 Å². The molecule has 0 fully saturated rings. The van der Waals surface area contributed by atoms with Crippen LogP contribution >= 0.6 is 35.0 Å². The summed E-state index contributed by atoms with van der Waals surface area (Å²) in [7, 11) is 0. The van der Waals surface area contributed by atoms with E-state index in [0.717, 1.165) is 21.0 Å². The Kier molecular flexibility index (Phi) is 5.90. The third-order valence-electron chi connectivity index (χ3n) is 4.14. The van der Waals surface area contributed by atoms with Crippen molar-refractivity contribution in [3.05, 3.63) is 94.6 Å². The molecule has 1 heterocycles. The molecule has 1 amide bonds. The van der Waals surface area contributed by atoms with Gasteiger partial charge in [-0.05, 0) is 42.5 Å². The molecule has 4 nitrogen and oxygen atoms in total. The molecule has 4 aromatic rings. The Balaban J connectivity index is 1.53. The molecule has 0 aliphatic carbocycles. The third-order valence-corrected chi connectivity index (χ3v) is 5.97. The number of hydrogen-bond acceptors (Lipinski definition) is 3. The highest BCUT2D eigenvalue weighted by molar-refractivity contribution is 7.99. The fourth-order valence-corrected chi connectivity index (χ4v) is 3.93. The lowest BCUT2D eigenvalue weighted by molar-refractivity contribution is 0.102. The molecule has 0 atom stereocenters. The largest absolute Gasteiger partial charge is 0.320 e. The van der Waals surface area contributed by atoms with E-state index in [2.05, 4.69) is 15.5 Å². The molecule has 0 saturated heterocycles. The van der Waals surface area contributed by atoms with Gasteiger partial charge in [-0.1, -0.05) is 71.4 Å². The fourth-order valence-electron chi connectivity index (χ4n) is 2.71. The van der Waals surface area contributed by atoms with Gasteiger partial charge in [0.2, 0.25) is 0 Å². The topological polar surface area (TPSA) is 57.8 Å². The van der Waals surface area contributed by atoms with E-state index >= 15 is 0 Å². The maximum Gasteiger partial charge on any atom is 0.273 e. The van der Waals surface area contributed by atoms with Gasteiger partial charge in [-0.2, -0.15) is 5.10 Å². The van der Waals surface area contributed by atoms with Gasteiger partial charge >= 0.3 is 0 Å². The summed E-state index contributed by atoms with van der Waals surface area (Å²) < 4.78 is 0. The monoisotopic (exact) mass is 439 g/mol. The summed E-state index contributed by atoms with van der Waals surface area (Å²) in [6, 6.07) is 24.6. The van der Waals surface area contributed by atoms with E-state index in [4.69, 9.17) is 23.2 Å². The van der Waals surface area contributed by atoms with Crippen molar-refractivity contribution in [2.45, 2.75) is 9.79 Å². The number of rotatable bonds is 5. The Labute approximate surface area is 182 Å². The summed E-state index contributed by atoms with van der Waals surface area (Å²) in [5.41, 5.74) is 2.47. The van der Waals surface area contributed by atoms with E-state index in [9.17, 15) is 4.79 Å². The maximum atomic E-state index is 12.7. The minimum Gasteiger partial charge on any atom is -0.320 e. The highest BCUT2D eigenvalue weighted by atomic mass is 35.5. The normalized spacial score (nSPS) is 10.7. The Morgan fingerprint density at radius 2 is 1.66 bits per heavy atom. The molecule has 0 spiro atoms. The summed E-state index contributed by atoms with van der Waals surface area (Å²) >= 11 is 13.6. The van der Waals surface area contributed by atoms with E-state index in [1.165, 1.54) is 0 Å². The minimum atomic E-state index is -0.273. The Morgan fingerprint density at radius 3 is 2.45 bits per heavy atom. The first-order valence-corrected chi connectivity index (χ1v) is 10.3. The van der Waals surface area contributed by atoms with Crippen LogP contribution in [0.25, 0.3) is 11.3 Å². The summed E-state index contributed by atoms with van der Waals surface area (Å²) in [6.07, 6.45) is 0. The van der Waals surface area contributed by atoms with Gasteiger partial charge in [-0.15, -0.1) is 0 Å². The van der Waals surface area contributed by atoms with Gasteiger partial charge in [0.05, 0.1) is 21.4 Å². The number of benzene rings is 3. The van der Waals surface area contributed by atoms with E-state index in [0.29, 0.717) is 21.4 Å². The smallest absolute Gasteiger partial charge is 0.273 e. The zero-order valence-corrected chi connectivity index (χ0v) is 17.4. The highest BCUT2D eigenvalue weighted by Gasteiger charge is 2.14. The van der Waals surface area contributed by atoms with Crippen molar-refractivity contribution in [1.29, 1.82) is 0 Å². The number of hydrogen-bond donors (Lipinski definition) is 2. The molecule has 0 unspecified atom stereocenters. The van der Waals surface area contributed by atoms with Crippen molar-refractivity contribution in [3.63, 3.8) is 0 Å². The summed E-state index contributed by atoms with van der Waals surface area (Å²) in [5.74, 6) is -0.273. The van der Waals surface area contributed by atoms with Crippen LogP contribution in [0.2, 0.25) is 10.0 Å². The van der Waals surface area contributed by atoms with Crippen molar-refractivity contribution >= 4 is 46.6 Å². The number of para-hydroxylation sites is 1. The standard InChI is InChI=1S/C22H15Cl2N3OS/c23-16-11-10-14(12-17(16)24)19-13-20(27-26-19)22(28)25-18-8-4-5-9-21(18)29-15-6-2-1-3-7-15/h1-13H,(H,25,28)(H,26,27). The molecule has 0 saturated carbocycles. The third kappa shape index (κ3) is 4.65. The molecule has 0 bridgehead atoms. The van der Waals surface area contributed by atoms with Gasteiger partial charge in [-0.3, -0.25) is 9.89 Å². The van der Waals surface area contributed by atoms with E-state index in [-0.39, 0.29) is 5.91 Å². The minimum absolute atomic E-state index is 0.273. The van der Waals surface area contributed by atoms with Crippen LogP contribution in [0.15, 0.2) is 88.7 Å². The Bertz CT molecular complexity index is 1160. The molecule has 29 heavy (non-hydrogen) atoms. The van der Waals surface area contributed by atoms with Crippen LogP contribution in [0, 0.1) is 0 Å². The van der Waals surface area contributed by atoms with Gasteiger partial charge in [0.15, 0.2) is 0 Å². The van der Waals surface area contributed by atoms with Crippen LogP contribution in [0.1, 0.15) is 10.5 Å². The lowest BCUT2D eigenvalue weighted by Gasteiger charge is -2.10. The highest BCUT2D eigenvalue weighted by Crippen LogP contribution is 2.33. The molecule has 1 aromatic heterocycles. The number of nitrogens with zero attached hydrogens (tertiary/aromatic N) is 1. The summed E-state index contributed by atoms with van der Waals surface area (Å²) in [6.45, 7) is 0. The molecule has 0 aliphatic rings. The quantitative estimate of drug-likeness (QED) is 0.359. The number of nitrogens with one attached hydrogen (secondary N) is 2. The summed E-state index contributed by atoms with van der Waals surface area (Å²) in [5, 5.41) is 10.9. The van der Waals surface area contributed by atoms with Crippen molar-refractivity contribution in [1.82, 2.24) is 10.2 Å². The molecule has 144 valence electrons. The second-order valence-electron chi connectivity index (χ2n) is 6.16. The first-order chi connectivity index (χ1) is 14.1. The van der Waals surface area contributed by atoms with Crippen LogP contribution in [0.3, 0.4) is 0 Å². The number of carbonyl (C=O) groups is 1. The molecule has 7 heteroatoms. The average Bonchev–Trinajstić information content (AvgIpc) is 3.23. The van der Waals surface area contributed by atoms with Gasteiger partial charge in [0, 0.05) is 15.4 Å². The van der Waals surface area contributed by atoms with Crippen LogP contribution in [-0.2, 0) is 0 Å². The van der Waals surface area contributed by atoms with Gasteiger partial charge in [-0.25, -0.2) is 0 Å². The van der Waals surface area contributed by atoms with Crippen LogP contribution in [-0.4, -0.2) is 16.1 Å².